The summed E-state index contributed by atoms with van der Waals surface area (Å²) >= 11 is 13.1. The van der Waals surface area contributed by atoms with Gasteiger partial charge in [-0.3, -0.25) is 9.59 Å². The van der Waals surface area contributed by atoms with Gasteiger partial charge in [0, 0.05) is 12.0 Å². The Morgan fingerprint density at radius 2 is 1.92 bits per heavy atom. The van der Waals surface area contributed by atoms with Crippen molar-refractivity contribution in [1.82, 2.24) is 9.55 Å². The zero-order valence-electron chi connectivity index (χ0n) is 18.9. The first-order valence-corrected chi connectivity index (χ1v) is 14.1. The lowest BCUT2D eigenvalue weighted by Gasteiger charge is -2.11. The third-order valence-electron chi connectivity index (χ3n) is 5.59. The molecule has 1 aliphatic rings. The fourth-order valence-corrected chi connectivity index (χ4v) is 7.05. The number of ketones is 1. The quantitative estimate of drug-likeness (QED) is 0.358. The van der Waals surface area contributed by atoms with Crippen LogP contribution in [0.3, 0.4) is 0 Å². The van der Waals surface area contributed by atoms with E-state index in [9.17, 15) is 22.8 Å². The number of sulfone groups is 1. The third kappa shape index (κ3) is 5.12. The molecule has 0 saturated carbocycles. The molecule has 1 aliphatic heterocycles. The predicted octanol–water partition coefficient (Wildman–Crippen LogP) is 3.41. The maximum atomic E-state index is 13.2. The number of fused-ring (bicyclic) bond motifs is 1. The van der Waals surface area contributed by atoms with Gasteiger partial charge in [-0.15, -0.1) is 11.3 Å². The standard InChI is InChI=1S/C24H17Cl2N3O6S2/c25-17-10-13(9-15(30)12-37(33,34)21-6-5-20(26)36-21)1-4-19(17)29-23(31)16-3-2-14(22-27-7-8-35-22)11-18(16)28-24(29)32/h1-6,10-11H,7-9,12H2,(H,28,32). The number of Topliss-reactive ketones (excluding diaryl/α,β-unsaturated/α-hetero) is 1. The Balaban J connectivity index is 1.41. The molecule has 3 heterocycles. The number of carbonyl (C=O) groups is 1. The Bertz CT molecular complexity index is 1820. The molecule has 0 bridgehead atoms. The van der Waals surface area contributed by atoms with E-state index in [4.69, 9.17) is 27.9 Å². The Morgan fingerprint density at radius 3 is 2.59 bits per heavy atom. The van der Waals surface area contributed by atoms with Gasteiger partial charge in [0.25, 0.3) is 5.56 Å². The van der Waals surface area contributed by atoms with Crippen molar-refractivity contribution in [2.24, 2.45) is 4.99 Å². The number of halogens is 2. The number of hydrogen-bond acceptors (Lipinski definition) is 8. The number of aromatic amines is 1. The Morgan fingerprint density at radius 1 is 1.11 bits per heavy atom. The van der Waals surface area contributed by atoms with Crippen LogP contribution in [0.25, 0.3) is 16.6 Å². The highest BCUT2D eigenvalue weighted by Crippen LogP contribution is 2.27. The Labute approximate surface area is 223 Å². The molecule has 0 atom stereocenters. The van der Waals surface area contributed by atoms with Crippen LogP contribution in [0.1, 0.15) is 11.1 Å². The van der Waals surface area contributed by atoms with Crippen molar-refractivity contribution in [3.05, 3.63) is 89.9 Å². The lowest BCUT2D eigenvalue weighted by atomic mass is 10.1. The molecule has 37 heavy (non-hydrogen) atoms. The van der Waals surface area contributed by atoms with Crippen LogP contribution in [0.15, 0.2) is 67.3 Å². The largest absolute Gasteiger partial charge is 0.476 e. The highest BCUT2D eigenvalue weighted by molar-refractivity contribution is 7.94. The number of nitrogens with one attached hydrogen (secondary N) is 1. The van der Waals surface area contributed by atoms with E-state index in [2.05, 4.69) is 9.98 Å². The van der Waals surface area contributed by atoms with Crippen molar-refractivity contribution in [3.8, 4) is 5.69 Å². The van der Waals surface area contributed by atoms with Crippen LogP contribution in [0.5, 0.6) is 0 Å². The number of aliphatic imine (C=N–C) groups is 1. The Hall–Kier alpha value is -3.25. The van der Waals surface area contributed by atoms with Gasteiger partial charge >= 0.3 is 5.69 Å². The smallest absolute Gasteiger partial charge is 0.333 e. The molecule has 0 unspecified atom stereocenters. The number of nitrogens with zero attached hydrogens (tertiary/aromatic N) is 2. The summed E-state index contributed by atoms with van der Waals surface area (Å²) in [6.07, 6.45) is -0.198. The number of carbonyl (C=O) groups excluding carboxylic acids is 1. The zero-order valence-corrected chi connectivity index (χ0v) is 22.0. The van der Waals surface area contributed by atoms with Crippen molar-refractivity contribution < 1.29 is 17.9 Å². The summed E-state index contributed by atoms with van der Waals surface area (Å²) in [6.45, 7) is 1.02. The van der Waals surface area contributed by atoms with Gasteiger partial charge in [-0.2, -0.15) is 0 Å². The van der Waals surface area contributed by atoms with Gasteiger partial charge in [0.15, 0.2) is 15.6 Å². The monoisotopic (exact) mass is 577 g/mol. The zero-order chi connectivity index (χ0) is 26.3. The van der Waals surface area contributed by atoms with E-state index >= 15 is 0 Å². The molecule has 0 aliphatic carbocycles. The van der Waals surface area contributed by atoms with E-state index in [1.807, 2.05) is 0 Å². The fraction of sp³-hybridized carbons (Fsp3) is 0.167. The van der Waals surface area contributed by atoms with E-state index in [0.717, 1.165) is 15.9 Å². The molecule has 1 N–H and O–H groups in total. The average Bonchev–Trinajstić information content (AvgIpc) is 3.52. The first kappa shape index (κ1) is 25.4. The van der Waals surface area contributed by atoms with Crippen LogP contribution in [-0.4, -0.2) is 48.6 Å². The molecule has 2 aromatic heterocycles. The molecule has 2 aromatic carbocycles. The summed E-state index contributed by atoms with van der Waals surface area (Å²) in [5.74, 6) is -0.778. The third-order valence-corrected chi connectivity index (χ3v) is 9.38. The average molecular weight is 578 g/mol. The second-order valence-electron chi connectivity index (χ2n) is 8.19. The lowest BCUT2D eigenvalue weighted by Crippen LogP contribution is -2.34. The van der Waals surface area contributed by atoms with Crippen LogP contribution in [0, 0.1) is 0 Å². The second-order valence-corrected chi connectivity index (χ2v) is 12.5. The normalized spacial score (nSPS) is 13.5. The number of thiophene rings is 1. The number of ether oxygens (including phenoxy) is 1. The molecule has 4 aromatic rings. The minimum Gasteiger partial charge on any atom is -0.476 e. The predicted molar refractivity (Wildman–Crippen MR) is 143 cm³/mol. The van der Waals surface area contributed by atoms with E-state index in [-0.39, 0.29) is 26.7 Å². The van der Waals surface area contributed by atoms with E-state index in [1.54, 1.807) is 18.2 Å². The maximum absolute atomic E-state index is 13.2. The van der Waals surface area contributed by atoms with Crippen molar-refractivity contribution in [3.63, 3.8) is 0 Å². The van der Waals surface area contributed by atoms with Crippen LogP contribution >= 0.6 is 34.5 Å². The number of H-pyrrole nitrogens is 1. The molecule has 0 spiro atoms. The van der Waals surface area contributed by atoms with Gasteiger partial charge in [-0.25, -0.2) is 22.8 Å². The minimum atomic E-state index is -3.82. The molecule has 13 heteroatoms. The van der Waals surface area contributed by atoms with Crippen LogP contribution in [0.2, 0.25) is 9.36 Å². The molecule has 190 valence electrons. The van der Waals surface area contributed by atoms with Crippen molar-refractivity contribution in [1.29, 1.82) is 0 Å². The number of hydrogen-bond donors (Lipinski definition) is 1. The summed E-state index contributed by atoms with van der Waals surface area (Å²) in [5, 5.41) is 0.312. The molecule has 9 nitrogen and oxygen atoms in total. The molecule has 0 radical (unpaired) electrons. The number of rotatable bonds is 7. The topological polar surface area (TPSA) is 128 Å². The van der Waals surface area contributed by atoms with Crippen LogP contribution in [-0.2, 0) is 25.8 Å². The van der Waals surface area contributed by atoms with Crippen molar-refractivity contribution >= 4 is 67.0 Å². The van der Waals surface area contributed by atoms with Crippen molar-refractivity contribution in [2.75, 3.05) is 18.9 Å². The van der Waals surface area contributed by atoms with E-state index in [0.29, 0.717) is 40.0 Å². The van der Waals surface area contributed by atoms with Crippen LogP contribution < -0.4 is 11.2 Å². The van der Waals surface area contributed by atoms with Gasteiger partial charge < -0.3 is 9.72 Å². The highest BCUT2D eigenvalue weighted by atomic mass is 35.5. The van der Waals surface area contributed by atoms with Gasteiger partial charge in [0.05, 0.1) is 32.5 Å². The Kier molecular flexibility index (Phi) is 6.80. The minimum absolute atomic E-state index is 0.0185. The second kappa shape index (κ2) is 9.90. The number of benzene rings is 2. The molecule has 0 saturated heterocycles. The summed E-state index contributed by atoms with van der Waals surface area (Å²) in [5.41, 5.74) is 0.258. The first-order valence-electron chi connectivity index (χ1n) is 10.9. The van der Waals surface area contributed by atoms with Gasteiger partial charge in [-0.05, 0) is 48.0 Å². The number of aromatic nitrogens is 2. The first-order chi connectivity index (χ1) is 17.6. The van der Waals surface area contributed by atoms with Crippen molar-refractivity contribution in [2.45, 2.75) is 10.6 Å². The van der Waals surface area contributed by atoms with E-state index < -0.39 is 32.6 Å². The summed E-state index contributed by atoms with van der Waals surface area (Å²) in [6, 6.07) is 12.1. The fourth-order valence-electron chi connectivity index (χ4n) is 3.95. The molecule has 0 amide bonds. The SMILES string of the molecule is O=C(Cc1ccc(-n2c(=O)[nH]c3cc(C4=NCCO4)ccc3c2=O)c(Cl)c1)CS(=O)(=O)c1ccc(Cl)s1. The molecular weight excluding hydrogens is 561 g/mol. The molecule has 0 fully saturated rings. The van der Waals surface area contributed by atoms with Gasteiger partial charge in [0.2, 0.25) is 5.90 Å². The van der Waals surface area contributed by atoms with Crippen LogP contribution in [0.4, 0.5) is 0 Å². The molecular formula is C24H17Cl2N3O6S2. The summed E-state index contributed by atoms with van der Waals surface area (Å²) in [4.78, 5) is 45.4. The van der Waals surface area contributed by atoms with E-state index in [1.165, 1.54) is 30.3 Å². The lowest BCUT2D eigenvalue weighted by molar-refractivity contribution is -0.116. The maximum Gasteiger partial charge on any atom is 0.333 e. The summed E-state index contributed by atoms with van der Waals surface area (Å²) in [7, 11) is -3.82. The van der Waals surface area contributed by atoms with Gasteiger partial charge in [0.1, 0.15) is 16.6 Å². The summed E-state index contributed by atoms with van der Waals surface area (Å²) < 4.78 is 31.6. The highest BCUT2D eigenvalue weighted by Gasteiger charge is 2.22. The van der Waals surface area contributed by atoms with Gasteiger partial charge in [-0.1, -0.05) is 29.3 Å². The molecule has 5 rings (SSSR count).